The monoisotopic (exact) mass is 485 g/mol. The molecule has 2 aliphatic rings. The molecule has 2 aromatic rings. The van der Waals surface area contributed by atoms with E-state index in [0.29, 0.717) is 31.7 Å². The maximum absolute atomic E-state index is 13.9. The lowest BCUT2D eigenvalue weighted by Gasteiger charge is -2.37. The summed E-state index contributed by atoms with van der Waals surface area (Å²) in [6.45, 7) is 9.02. The van der Waals surface area contributed by atoms with Crippen molar-refractivity contribution in [3.8, 4) is 0 Å². The highest BCUT2D eigenvalue weighted by atomic mass is 32.2. The second kappa shape index (κ2) is 10.5. The summed E-state index contributed by atoms with van der Waals surface area (Å²) in [6, 6.07) is 15.0. The van der Waals surface area contributed by atoms with Crippen molar-refractivity contribution in [1.82, 2.24) is 9.21 Å². The molecular formula is C26H35N3O4S. The van der Waals surface area contributed by atoms with Crippen LogP contribution in [0.5, 0.6) is 0 Å². The number of ether oxygens (including phenoxy) is 1. The van der Waals surface area contributed by atoms with Gasteiger partial charge in [0.1, 0.15) is 6.10 Å². The fourth-order valence-electron chi connectivity index (χ4n) is 4.93. The molecule has 8 heteroatoms. The molecule has 0 aliphatic carbocycles. The molecule has 7 nitrogen and oxygen atoms in total. The molecule has 2 fully saturated rings. The van der Waals surface area contributed by atoms with Crippen molar-refractivity contribution >= 4 is 21.6 Å². The number of nitrogens with zero attached hydrogens (tertiary/aromatic N) is 3. The van der Waals surface area contributed by atoms with Crippen molar-refractivity contribution in [2.75, 3.05) is 44.2 Å². The number of carbonyl (C=O) groups is 1. The zero-order valence-corrected chi connectivity index (χ0v) is 21.1. The maximum atomic E-state index is 13.9. The first-order valence-corrected chi connectivity index (χ1v) is 13.7. The molecule has 1 amide bonds. The number of anilines is 1. The third-order valence-corrected chi connectivity index (χ3v) is 8.75. The predicted molar refractivity (Wildman–Crippen MR) is 134 cm³/mol. The fourth-order valence-corrected chi connectivity index (χ4v) is 6.42. The van der Waals surface area contributed by atoms with Gasteiger partial charge in [-0.1, -0.05) is 44.2 Å². The summed E-state index contributed by atoms with van der Waals surface area (Å²) < 4.78 is 34.0. The Hall–Kier alpha value is -2.42. The third-order valence-electron chi connectivity index (χ3n) is 6.71. The Morgan fingerprint density at radius 1 is 1.03 bits per heavy atom. The number of carbonyl (C=O) groups excluding carboxylic acids is 1. The summed E-state index contributed by atoms with van der Waals surface area (Å²) in [5, 5.41) is 0. The molecule has 2 unspecified atom stereocenters. The van der Waals surface area contributed by atoms with E-state index < -0.39 is 10.0 Å². The van der Waals surface area contributed by atoms with Crippen LogP contribution < -0.4 is 4.90 Å². The standard InChI is InChI=1S/C26H35N3O4S/c1-4-29(5-2)34(31,32)22-13-14-24(27-15-9-10-16-27)23(17-22)26(30)28-18-20(3)33-25(19-28)21-11-7-6-8-12-21/h6-8,11-14,17,20,25H,4-5,9-10,15-16,18-19H2,1-3H3. The van der Waals surface area contributed by atoms with E-state index in [9.17, 15) is 13.2 Å². The Kier molecular flexibility index (Phi) is 7.60. The molecule has 0 aromatic heterocycles. The van der Waals surface area contributed by atoms with Gasteiger partial charge < -0.3 is 14.5 Å². The second-order valence-electron chi connectivity index (χ2n) is 9.02. The number of benzene rings is 2. The summed E-state index contributed by atoms with van der Waals surface area (Å²) in [7, 11) is -3.67. The minimum absolute atomic E-state index is 0.124. The zero-order valence-electron chi connectivity index (χ0n) is 20.3. The quantitative estimate of drug-likeness (QED) is 0.595. The van der Waals surface area contributed by atoms with Gasteiger partial charge in [-0.2, -0.15) is 4.31 Å². The van der Waals surface area contributed by atoms with E-state index in [1.165, 1.54) is 4.31 Å². The van der Waals surface area contributed by atoms with Crippen LogP contribution in [0.3, 0.4) is 0 Å². The van der Waals surface area contributed by atoms with Crippen molar-refractivity contribution in [3.63, 3.8) is 0 Å². The van der Waals surface area contributed by atoms with Crippen LogP contribution in [0.15, 0.2) is 53.4 Å². The molecule has 184 valence electrons. The van der Waals surface area contributed by atoms with Gasteiger partial charge in [0, 0.05) is 38.4 Å². The van der Waals surface area contributed by atoms with E-state index >= 15 is 0 Å². The summed E-state index contributed by atoms with van der Waals surface area (Å²) in [5.74, 6) is -0.144. The minimum atomic E-state index is -3.67. The van der Waals surface area contributed by atoms with Crippen LogP contribution >= 0.6 is 0 Å². The van der Waals surface area contributed by atoms with Gasteiger partial charge in [0.15, 0.2) is 0 Å². The van der Waals surface area contributed by atoms with Crippen LogP contribution in [-0.4, -0.2) is 68.9 Å². The van der Waals surface area contributed by atoms with Gasteiger partial charge in [-0.3, -0.25) is 4.79 Å². The van der Waals surface area contributed by atoms with Crippen molar-refractivity contribution in [2.24, 2.45) is 0 Å². The van der Waals surface area contributed by atoms with E-state index in [2.05, 4.69) is 4.90 Å². The van der Waals surface area contributed by atoms with E-state index in [4.69, 9.17) is 4.74 Å². The molecular weight excluding hydrogens is 450 g/mol. The number of amides is 1. The molecule has 0 spiro atoms. The van der Waals surface area contributed by atoms with Crippen molar-refractivity contribution in [3.05, 3.63) is 59.7 Å². The molecule has 2 aromatic carbocycles. The number of sulfonamides is 1. The molecule has 2 saturated heterocycles. The van der Waals surface area contributed by atoms with Gasteiger partial charge in [0.05, 0.1) is 23.1 Å². The third kappa shape index (κ3) is 4.99. The largest absolute Gasteiger partial charge is 0.371 e. The Bertz CT molecular complexity index is 1100. The Balaban J connectivity index is 1.71. The number of rotatable bonds is 7. The van der Waals surface area contributed by atoms with E-state index in [1.54, 1.807) is 12.1 Å². The molecule has 0 N–H and O–H groups in total. The normalized spacial score (nSPS) is 21.3. The van der Waals surface area contributed by atoms with Crippen LogP contribution in [0.25, 0.3) is 0 Å². The average Bonchev–Trinajstić information content (AvgIpc) is 3.39. The zero-order chi connectivity index (χ0) is 24.3. The lowest BCUT2D eigenvalue weighted by atomic mass is 10.0. The second-order valence-corrected chi connectivity index (χ2v) is 11.0. The van der Waals surface area contributed by atoms with Crippen molar-refractivity contribution < 1.29 is 17.9 Å². The molecule has 4 rings (SSSR count). The van der Waals surface area contributed by atoms with Crippen LogP contribution in [0.4, 0.5) is 5.69 Å². The summed E-state index contributed by atoms with van der Waals surface area (Å²) >= 11 is 0. The lowest BCUT2D eigenvalue weighted by Crippen LogP contribution is -2.46. The topological polar surface area (TPSA) is 70.2 Å². The van der Waals surface area contributed by atoms with Crippen molar-refractivity contribution in [2.45, 2.75) is 50.7 Å². The SMILES string of the molecule is CCN(CC)S(=O)(=O)c1ccc(N2CCCC2)c(C(=O)N2CC(C)OC(c3ccccc3)C2)c1. The molecule has 0 bridgehead atoms. The van der Waals surface area contributed by atoms with E-state index in [1.807, 2.05) is 62.1 Å². The number of hydrogen-bond donors (Lipinski definition) is 0. The smallest absolute Gasteiger partial charge is 0.256 e. The van der Waals surface area contributed by atoms with Gasteiger partial charge in [-0.05, 0) is 43.5 Å². The van der Waals surface area contributed by atoms with Gasteiger partial charge in [0.2, 0.25) is 10.0 Å². The molecule has 2 aliphatic heterocycles. The minimum Gasteiger partial charge on any atom is -0.371 e. The molecule has 34 heavy (non-hydrogen) atoms. The Labute approximate surface area is 203 Å². The summed E-state index contributed by atoms with van der Waals surface area (Å²) in [4.78, 5) is 18.1. The Morgan fingerprint density at radius 3 is 2.35 bits per heavy atom. The van der Waals surface area contributed by atoms with Crippen molar-refractivity contribution in [1.29, 1.82) is 0 Å². The molecule has 2 heterocycles. The van der Waals surface area contributed by atoms with Crippen LogP contribution in [0.1, 0.15) is 55.6 Å². The Morgan fingerprint density at radius 2 is 1.71 bits per heavy atom. The van der Waals surface area contributed by atoms with Gasteiger partial charge in [0.25, 0.3) is 5.91 Å². The van der Waals surface area contributed by atoms with Gasteiger partial charge in [-0.15, -0.1) is 0 Å². The summed E-state index contributed by atoms with van der Waals surface area (Å²) in [6.07, 6.45) is 1.79. The van der Waals surface area contributed by atoms with E-state index in [0.717, 1.165) is 37.2 Å². The maximum Gasteiger partial charge on any atom is 0.256 e. The molecule has 0 radical (unpaired) electrons. The first-order chi connectivity index (χ1) is 16.3. The van der Waals surface area contributed by atoms with Crippen LogP contribution in [0.2, 0.25) is 0 Å². The predicted octanol–water partition coefficient (Wildman–Crippen LogP) is 3.92. The first kappa shape index (κ1) is 24.7. The fraction of sp³-hybridized carbons (Fsp3) is 0.500. The van der Waals surface area contributed by atoms with E-state index in [-0.39, 0.29) is 23.0 Å². The summed E-state index contributed by atoms with van der Waals surface area (Å²) in [5.41, 5.74) is 2.30. The average molecular weight is 486 g/mol. The van der Waals surface area contributed by atoms with Crippen LogP contribution in [0, 0.1) is 0 Å². The van der Waals surface area contributed by atoms with Gasteiger partial charge in [-0.25, -0.2) is 8.42 Å². The van der Waals surface area contributed by atoms with Crippen LogP contribution in [-0.2, 0) is 14.8 Å². The lowest BCUT2D eigenvalue weighted by molar-refractivity contribution is -0.0691. The number of hydrogen-bond acceptors (Lipinski definition) is 5. The molecule has 2 atom stereocenters. The highest BCUT2D eigenvalue weighted by Gasteiger charge is 2.33. The highest BCUT2D eigenvalue weighted by Crippen LogP contribution is 2.32. The van der Waals surface area contributed by atoms with Gasteiger partial charge >= 0.3 is 0 Å². The first-order valence-electron chi connectivity index (χ1n) is 12.2. The molecule has 0 saturated carbocycles. The highest BCUT2D eigenvalue weighted by molar-refractivity contribution is 7.89. The number of morpholine rings is 1.